The third-order valence-corrected chi connectivity index (χ3v) is 4.91. The van der Waals surface area contributed by atoms with Gasteiger partial charge in [-0.25, -0.2) is 0 Å². The largest absolute Gasteiger partial charge is 0.347 e. The van der Waals surface area contributed by atoms with Crippen molar-refractivity contribution in [3.05, 3.63) is 70.8 Å². The average Bonchev–Trinajstić information content (AvgIpc) is 2.91. The average molecular weight is 364 g/mol. The number of carbonyl (C=O) groups excluding carboxylic acids is 3. The Balaban J connectivity index is 1.72. The maximum Gasteiger partial charge on any atom is 0.262 e. The third kappa shape index (κ3) is 3.77. The molecule has 2 aromatic carbocycles. The number of carbonyl (C=O) groups is 3. The van der Waals surface area contributed by atoms with Crippen LogP contribution in [0.3, 0.4) is 0 Å². The molecule has 2 aromatic rings. The number of imide groups is 1. The molecule has 5 nitrogen and oxygen atoms in total. The van der Waals surface area contributed by atoms with Crippen molar-refractivity contribution in [3.63, 3.8) is 0 Å². The minimum absolute atomic E-state index is 0.170. The maximum absolute atomic E-state index is 12.6. The van der Waals surface area contributed by atoms with Crippen molar-refractivity contribution in [2.45, 2.75) is 33.2 Å². The van der Waals surface area contributed by atoms with E-state index in [9.17, 15) is 14.4 Å². The molecule has 1 heterocycles. The summed E-state index contributed by atoms with van der Waals surface area (Å²) in [4.78, 5) is 38.5. The number of amides is 3. The van der Waals surface area contributed by atoms with Gasteiger partial charge in [0, 0.05) is 0 Å². The van der Waals surface area contributed by atoms with E-state index in [1.165, 1.54) is 5.56 Å². The molecule has 0 radical (unpaired) electrons. The van der Waals surface area contributed by atoms with Crippen molar-refractivity contribution in [1.29, 1.82) is 0 Å². The fourth-order valence-electron chi connectivity index (χ4n) is 3.34. The van der Waals surface area contributed by atoms with E-state index in [1.807, 2.05) is 26.0 Å². The van der Waals surface area contributed by atoms with Gasteiger partial charge in [-0.1, -0.05) is 57.2 Å². The summed E-state index contributed by atoms with van der Waals surface area (Å²) in [7, 11) is 0. The van der Waals surface area contributed by atoms with Crippen LogP contribution in [0.1, 0.15) is 58.7 Å². The van der Waals surface area contributed by atoms with Crippen molar-refractivity contribution in [2.24, 2.45) is 5.92 Å². The Hall–Kier alpha value is -2.95. The summed E-state index contributed by atoms with van der Waals surface area (Å²) >= 11 is 0. The maximum atomic E-state index is 12.6. The second-order valence-corrected chi connectivity index (χ2v) is 7.13. The van der Waals surface area contributed by atoms with Gasteiger partial charge in [0.25, 0.3) is 11.8 Å². The van der Waals surface area contributed by atoms with E-state index >= 15 is 0 Å². The van der Waals surface area contributed by atoms with Gasteiger partial charge in [0.2, 0.25) is 5.91 Å². The quantitative estimate of drug-likeness (QED) is 0.799. The van der Waals surface area contributed by atoms with E-state index in [2.05, 4.69) is 24.4 Å². The first-order chi connectivity index (χ1) is 12.9. The van der Waals surface area contributed by atoms with Crippen molar-refractivity contribution < 1.29 is 14.4 Å². The summed E-state index contributed by atoms with van der Waals surface area (Å²) in [6.45, 7) is 5.88. The molecule has 1 aliphatic heterocycles. The van der Waals surface area contributed by atoms with Crippen molar-refractivity contribution >= 4 is 17.7 Å². The van der Waals surface area contributed by atoms with Crippen molar-refractivity contribution in [3.8, 4) is 0 Å². The van der Waals surface area contributed by atoms with Gasteiger partial charge in [0.1, 0.15) is 6.54 Å². The Kier molecular flexibility index (Phi) is 5.40. The number of fused-ring (bicyclic) bond motifs is 1. The molecule has 0 unspecified atom stereocenters. The van der Waals surface area contributed by atoms with Gasteiger partial charge in [-0.15, -0.1) is 0 Å². The molecule has 3 amide bonds. The molecule has 5 heteroatoms. The first-order valence-corrected chi connectivity index (χ1v) is 9.25. The first-order valence-electron chi connectivity index (χ1n) is 9.25. The summed E-state index contributed by atoms with van der Waals surface area (Å²) < 4.78 is 0. The molecule has 140 valence electrons. The lowest BCUT2D eigenvalue weighted by atomic mass is 9.95. The lowest BCUT2D eigenvalue weighted by molar-refractivity contribution is -0.122. The summed E-state index contributed by atoms with van der Waals surface area (Å²) in [5.74, 6) is -1.01. The molecular formula is C22H24N2O3. The number of nitrogens with zero attached hydrogens (tertiary/aromatic N) is 1. The molecular weight excluding hydrogens is 340 g/mol. The van der Waals surface area contributed by atoms with Gasteiger partial charge in [-0.2, -0.15) is 0 Å². The second-order valence-electron chi connectivity index (χ2n) is 7.13. The first kappa shape index (κ1) is 18.8. The lowest BCUT2D eigenvalue weighted by Gasteiger charge is -2.24. The van der Waals surface area contributed by atoms with Crippen LogP contribution in [0.25, 0.3) is 0 Å². The number of aryl methyl sites for hydroxylation is 1. The molecule has 1 atom stereocenters. The number of nitrogens with one attached hydrogen (secondary N) is 1. The Morgan fingerprint density at radius 1 is 0.963 bits per heavy atom. The SMILES string of the molecule is CCc1ccc([C@@H](NC(=O)CN2C(=O)c3ccccc3C2=O)C(C)C)cc1. The predicted molar refractivity (Wildman–Crippen MR) is 103 cm³/mol. The standard InChI is InChI=1S/C22H24N2O3/c1-4-15-9-11-16(12-10-15)20(14(2)3)23-19(25)13-24-21(26)17-7-5-6-8-18(17)22(24)27/h5-12,14,20H,4,13H2,1-3H3,(H,23,25)/t20-/m0/s1. The topological polar surface area (TPSA) is 66.5 Å². The van der Waals surface area contributed by atoms with Gasteiger partial charge in [-0.3, -0.25) is 19.3 Å². The predicted octanol–water partition coefficient (Wildman–Crippen LogP) is 3.36. The van der Waals surface area contributed by atoms with Crippen LogP contribution in [0, 0.1) is 5.92 Å². The Morgan fingerprint density at radius 3 is 2.00 bits per heavy atom. The van der Waals surface area contributed by atoms with Crippen LogP contribution >= 0.6 is 0 Å². The van der Waals surface area contributed by atoms with Crippen LogP contribution in [0.4, 0.5) is 0 Å². The molecule has 0 bridgehead atoms. The zero-order valence-corrected chi connectivity index (χ0v) is 15.9. The highest BCUT2D eigenvalue weighted by atomic mass is 16.2. The highest BCUT2D eigenvalue weighted by Crippen LogP contribution is 2.24. The highest BCUT2D eigenvalue weighted by Gasteiger charge is 2.36. The summed E-state index contributed by atoms with van der Waals surface area (Å²) in [5, 5.41) is 2.98. The van der Waals surface area contributed by atoms with E-state index < -0.39 is 11.8 Å². The Morgan fingerprint density at radius 2 is 1.52 bits per heavy atom. The zero-order valence-electron chi connectivity index (χ0n) is 15.9. The lowest BCUT2D eigenvalue weighted by Crippen LogP contribution is -2.42. The van der Waals surface area contributed by atoms with Gasteiger partial charge in [-0.05, 0) is 35.6 Å². The van der Waals surface area contributed by atoms with Crippen LogP contribution in [-0.2, 0) is 11.2 Å². The molecule has 0 spiro atoms. The number of hydrogen-bond acceptors (Lipinski definition) is 3. The van der Waals surface area contributed by atoms with E-state index in [-0.39, 0.29) is 24.4 Å². The van der Waals surface area contributed by atoms with E-state index in [0.29, 0.717) is 11.1 Å². The monoisotopic (exact) mass is 364 g/mol. The second kappa shape index (κ2) is 7.74. The van der Waals surface area contributed by atoms with E-state index in [4.69, 9.17) is 0 Å². The third-order valence-electron chi connectivity index (χ3n) is 4.91. The molecule has 27 heavy (non-hydrogen) atoms. The molecule has 1 N–H and O–H groups in total. The fourth-order valence-corrected chi connectivity index (χ4v) is 3.34. The van der Waals surface area contributed by atoms with E-state index in [0.717, 1.165) is 16.9 Å². The molecule has 0 aliphatic carbocycles. The molecule has 3 rings (SSSR count). The van der Waals surface area contributed by atoms with Gasteiger partial charge < -0.3 is 5.32 Å². The summed E-state index contributed by atoms with van der Waals surface area (Å²) in [6.07, 6.45) is 0.957. The minimum atomic E-state index is -0.417. The zero-order chi connectivity index (χ0) is 19.6. The Bertz CT molecular complexity index is 836. The molecule has 0 fully saturated rings. The molecule has 1 aliphatic rings. The van der Waals surface area contributed by atoms with Crippen LogP contribution in [0.5, 0.6) is 0 Å². The number of benzene rings is 2. The Labute approximate surface area is 159 Å². The smallest absolute Gasteiger partial charge is 0.262 e. The normalized spacial score (nSPS) is 14.4. The van der Waals surface area contributed by atoms with Crippen LogP contribution in [0.2, 0.25) is 0 Å². The summed E-state index contributed by atoms with van der Waals surface area (Å²) in [6, 6.07) is 14.6. The van der Waals surface area contributed by atoms with Gasteiger partial charge >= 0.3 is 0 Å². The number of rotatable bonds is 6. The molecule has 0 aromatic heterocycles. The van der Waals surface area contributed by atoms with Gasteiger partial charge in [0.05, 0.1) is 17.2 Å². The van der Waals surface area contributed by atoms with Crippen molar-refractivity contribution in [1.82, 2.24) is 10.2 Å². The van der Waals surface area contributed by atoms with Gasteiger partial charge in [0.15, 0.2) is 0 Å². The van der Waals surface area contributed by atoms with E-state index in [1.54, 1.807) is 24.3 Å². The van der Waals surface area contributed by atoms with Crippen LogP contribution in [-0.4, -0.2) is 29.2 Å². The fraction of sp³-hybridized carbons (Fsp3) is 0.318. The molecule has 0 saturated carbocycles. The minimum Gasteiger partial charge on any atom is -0.347 e. The van der Waals surface area contributed by atoms with Crippen molar-refractivity contribution in [2.75, 3.05) is 6.54 Å². The highest BCUT2D eigenvalue weighted by molar-refractivity contribution is 6.22. The summed E-state index contributed by atoms with van der Waals surface area (Å²) in [5.41, 5.74) is 2.95. The number of hydrogen-bond donors (Lipinski definition) is 1. The molecule has 0 saturated heterocycles. The van der Waals surface area contributed by atoms with Crippen LogP contribution < -0.4 is 5.32 Å². The van der Waals surface area contributed by atoms with Crippen LogP contribution in [0.15, 0.2) is 48.5 Å².